The molecular weight excluding hydrogens is 314 g/mol. The van der Waals surface area contributed by atoms with Crippen molar-refractivity contribution in [3.8, 4) is 0 Å². The molecule has 1 atom stereocenters. The predicted molar refractivity (Wildman–Crippen MR) is 46.4 cm³/mol. The van der Waals surface area contributed by atoms with Gasteiger partial charge in [-0.2, -0.15) is 30.7 Å². The zero-order chi connectivity index (χ0) is 16.6. The van der Waals surface area contributed by atoms with Gasteiger partial charge in [-0.3, -0.25) is 4.74 Å². The number of ether oxygens (including phenoxy) is 1. The van der Waals surface area contributed by atoms with E-state index >= 15 is 0 Å². The molecule has 0 aromatic rings. The molecule has 0 bridgehead atoms. The van der Waals surface area contributed by atoms with E-state index in [0.717, 1.165) is 6.92 Å². The third-order valence-electron chi connectivity index (χ3n) is 2.24. The van der Waals surface area contributed by atoms with Crippen LogP contribution in [0, 0.1) is 0 Å². The Morgan fingerprint density at radius 3 is 1.45 bits per heavy atom. The molecule has 0 aromatic heterocycles. The molecule has 0 aliphatic rings. The predicted octanol–water partition coefficient (Wildman–Crippen LogP) is 4.91. The Morgan fingerprint density at radius 2 is 1.20 bits per heavy atom. The molecule has 122 valence electrons. The van der Waals surface area contributed by atoms with Crippen LogP contribution in [0.15, 0.2) is 0 Å². The van der Waals surface area contributed by atoms with E-state index in [-0.39, 0.29) is 6.92 Å². The van der Waals surface area contributed by atoms with Gasteiger partial charge >= 0.3 is 24.1 Å². The zero-order valence-corrected chi connectivity index (χ0v) is 10.1. The van der Waals surface area contributed by atoms with E-state index < -0.39 is 42.8 Å². The molecule has 0 N–H and O–H groups in total. The van der Waals surface area contributed by atoms with Crippen molar-refractivity contribution in [1.82, 2.24) is 0 Å². The van der Waals surface area contributed by atoms with Crippen LogP contribution in [0.2, 0.25) is 0 Å². The first kappa shape index (κ1) is 19.3. The van der Waals surface area contributed by atoms with E-state index in [0.29, 0.717) is 0 Å². The molecular formula is C9H10F10O. The second-order valence-electron chi connectivity index (χ2n) is 4.06. The molecule has 0 aliphatic carbocycles. The zero-order valence-electron chi connectivity index (χ0n) is 10.1. The fourth-order valence-electron chi connectivity index (χ4n) is 1.11. The van der Waals surface area contributed by atoms with Gasteiger partial charge in [0, 0.05) is 13.3 Å². The lowest BCUT2D eigenvalue weighted by atomic mass is 10.1. The highest BCUT2D eigenvalue weighted by atomic mass is 19.4. The summed E-state index contributed by atoms with van der Waals surface area (Å²) in [6.45, 7) is 0.744. The van der Waals surface area contributed by atoms with E-state index in [2.05, 4.69) is 4.74 Å². The maximum absolute atomic E-state index is 13.6. The maximum atomic E-state index is 13.6. The van der Waals surface area contributed by atoms with Crippen molar-refractivity contribution >= 4 is 0 Å². The smallest absolute Gasteiger partial charge is 0.272 e. The van der Waals surface area contributed by atoms with Gasteiger partial charge in [0.05, 0.1) is 0 Å². The molecule has 0 saturated carbocycles. The van der Waals surface area contributed by atoms with E-state index in [9.17, 15) is 43.9 Å². The molecule has 1 unspecified atom stereocenters. The van der Waals surface area contributed by atoms with Crippen LogP contribution < -0.4 is 0 Å². The SMILES string of the molecule is CCCC(F)(OC(F)(F)C(F)(F)C(F)(F)F)C(C)(F)F. The Bertz CT molecular complexity index is 331. The van der Waals surface area contributed by atoms with Gasteiger partial charge in [0.1, 0.15) is 0 Å². The number of hydrogen-bond donors (Lipinski definition) is 0. The third kappa shape index (κ3) is 3.47. The van der Waals surface area contributed by atoms with Crippen molar-refractivity contribution in [1.29, 1.82) is 0 Å². The van der Waals surface area contributed by atoms with Crippen LogP contribution in [0.5, 0.6) is 0 Å². The molecule has 0 aromatic carbocycles. The molecule has 1 nitrogen and oxygen atoms in total. The Hall–Kier alpha value is -0.740. The number of rotatable bonds is 6. The third-order valence-corrected chi connectivity index (χ3v) is 2.24. The normalized spacial score (nSPS) is 18.0. The summed E-state index contributed by atoms with van der Waals surface area (Å²) in [5, 5.41) is 0. The van der Waals surface area contributed by atoms with Crippen molar-refractivity contribution in [2.75, 3.05) is 0 Å². The summed E-state index contributed by atoms with van der Waals surface area (Å²) in [4.78, 5) is 0. The van der Waals surface area contributed by atoms with Crippen molar-refractivity contribution in [2.45, 2.75) is 56.7 Å². The lowest BCUT2D eigenvalue weighted by Gasteiger charge is -2.36. The average Bonchev–Trinajstić information content (AvgIpc) is 2.12. The first-order valence-corrected chi connectivity index (χ1v) is 5.11. The minimum Gasteiger partial charge on any atom is -0.272 e. The molecule has 0 radical (unpaired) electrons. The fraction of sp³-hybridized carbons (Fsp3) is 1.00. The van der Waals surface area contributed by atoms with Gasteiger partial charge in [0.25, 0.3) is 5.85 Å². The van der Waals surface area contributed by atoms with Crippen molar-refractivity contribution < 1.29 is 48.6 Å². The highest BCUT2D eigenvalue weighted by Gasteiger charge is 2.77. The van der Waals surface area contributed by atoms with E-state index in [1.807, 2.05) is 0 Å². The van der Waals surface area contributed by atoms with Crippen LogP contribution in [0.3, 0.4) is 0 Å². The van der Waals surface area contributed by atoms with Crippen LogP contribution in [0.1, 0.15) is 26.7 Å². The molecule has 0 rings (SSSR count). The maximum Gasteiger partial charge on any atom is 0.462 e. The van der Waals surface area contributed by atoms with Gasteiger partial charge < -0.3 is 0 Å². The summed E-state index contributed by atoms with van der Waals surface area (Å²) >= 11 is 0. The van der Waals surface area contributed by atoms with E-state index in [1.54, 1.807) is 0 Å². The lowest BCUT2D eigenvalue weighted by Crippen LogP contribution is -2.59. The monoisotopic (exact) mass is 324 g/mol. The fourth-order valence-corrected chi connectivity index (χ4v) is 1.11. The summed E-state index contributed by atoms with van der Waals surface area (Å²) in [6.07, 6.45) is -15.4. The summed E-state index contributed by atoms with van der Waals surface area (Å²) in [5.41, 5.74) is 0. The summed E-state index contributed by atoms with van der Waals surface area (Å²) in [6, 6.07) is 0. The lowest BCUT2D eigenvalue weighted by molar-refractivity contribution is -0.472. The van der Waals surface area contributed by atoms with Crippen LogP contribution in [0.4, 0.5) is 43.9 Å². The van der Waals surface area contributed by atoms with E-state index in [1.165, 1.54) is 0 Å². The molecule has 11 heteroatoms. The van der Waals surface area contributed by atoms with Gasteiger partial charge in [-0.25, -0.2) is 13.2 Å². The molecule has 20 heavy (non-hydrogen) atoms. The average molecular weight is 324 g/mol. The van der Waals surface area contributed by atoms with Crippen molar-refractivity contribution in [3.63, 3.8) is 0 Å². The van der Waals surface area contributed by atoms with Crippen LogP contribution >= 0.6 is 0 Å². The quantitative estimate of drug-likeness (QED) is 0.631. The first-order chi connectivity index (χ1) is 8.52. The summed E-state index contributed by atoms with van der Waals surface area (Å²) < 4.78 is 128. The second-order valence-corrected chi connectivity index (χ2v) is 4.06. The minimum absolute atomic E-state index is 0.273. The summed E-state index contributed by atoms with van der Waals surface area (Å²) in [7, 11) is 0. The van der Waals surface area contributed by atoms with Gasteiger partial charge in [-0.05, 0) is 0 Å². The molecule has 0 aliphatic heterocycles. The van der Waals surface area contributed by atoms with E-state index in [4.69, 9.17) is 0 Å². The molecule has 0 heterocycles. The van der Waals surface area contributed by atoms with Gasteiger partial charge in [-0.1, -0.05) is 13.3 Å². The molecule has 0 fully saturated rings. The Balaban J connectivity index is 5.54. The van der Waals surface area contributed by atoms with Crippen LogP contribution in [-0.4, -0.2) is 30.0 Å². The van der Waals surface area contributed by atoms with Crippen molar-refractivity contribution in [3.05, 3.63) is 0 Å². The summed E-state index contributed by atoms with van der Waals surface area (Å²) in [5.74, 6) is -16.2. The molecule has 0 amide bonds. The Labute approximate surface area is 106 Å². The Kier molecular flexibility index (Phi) is 5.03. The highest BCUT2D eigenvalue weighted by molar-refractivity contribution is 4.90. The number of alkyl halides is 10. The van der Waals surface area contributed by atoms with Gasteiger partial charge in [-0.15, -0.1) is 0 Å². The topological polar surface area (TPSA) is 9.23 Å². The van der Waals surface area contributed by atoms with Crippen LogP contribution in [-0.2, 0) is 4.74 Å². The second kappa shape index (κ2) is 5.23. The standard InChI is InChI=1S/C9H10F10O/c1-3-4-6(12,5(2,10)11)20-9(18,19)7(13,14)8(15,16)17/h3-4H2,1-2H3. The van der Waals surface area contributed by atoms with Gasteiger partial charge in [0.2, 0.25) is 0 Å². The molecule has 0 spiro atoms. The number of hydrogen-bond acceptors (Lipinski definition) is 1. The van der Waals surface area contributed by atoms with Crippen LogP contribution in [0.25, 0.3) is 0 Å². The largest absolute Gasteiger partial charge is 0.462 e. The first-order valence-electron chi connectivity index (χ1n) is 5.11. The van der Waals surface area contributed by atoms with Gasteiger partial charge in [0.15, 0.2) is 0 Å². The number of halogens is 10. The minimum atomic E-state index is -6.82. The Morgan fingerprint density at radius 1 is 0.800 bits per heavy atom. The highest BCUT2D eigenvalue weighted by Crippen LogP contribution is 2.51. The van der Waals surface area contributed by atoms with Crippen molar-refractivity contribution in [2.24, 2.45) is 0 Å². The molecule has 0 saturated heterocycles.